The van der Waals surface area contributed by atoms with Gasteiger partial charge in [-0.1, -0.05) is 0 Å². The summed E-state index contributed by atoms with van der Waals surface area (Å²) in [5, 5.41) is 13.4. The van der Waals surface area contributed by atoms with Crippen LogP contribution in [0.15, 0.2) is 5.38 Å². The van der Waals surface area contributed by atoms with Gasteiger partial charge in [0.1, 0.15) is 5.01 Å². The summed E-state index contributed by atoms with van der Waals surface area (Å²) in [4.78, 5) is 16.8. The summed E-state index contributed by atoms with van der Waals surface area (Å²) < 4.78 is 37.4. The Morgan fingerprint density at radius 3 is 2.64 bits per heavy atom. The van der Waals surface area contributed by atoms with Crippen molar-refractivity contribution in [2.75, 3.05) is 7.05 Å². The number of amides is 2. The molecule has 1 aliphatic rings. The van der Waals surface area contributed by atoms with E-state index in [1.165, 1.54) is 11.9 Å². The first kappa shape index (κ1) is 17.0. The highest BCUT2D eigenvalue weighted by Crippen LogP contribution is 2.30. The molecule has 1 aromatic rings. The average molecular weight is 337 g/mol. The van der Waals surface area contributed by atoms with Gasteiger partial charge in [-0.15, -0.1) is 11.3 Å². The summed E-state index contributed by atoms with van der Waals surface area (Å²) in [6, 6.07) is -0.342. The summed E-state index contributed by atoms with van der Waals surface area (Å²) >= 11 is 0.883. The van der Waals surface area contributed by atoms with Gasteiger partial charge in [0.05, 0.1) is 12.6 Å². The second-order valence-electron chi connectivity index (χ2n) is 5.44. The number of carbonyl (C=O) groups excluding carboxylic acids is 1. The van der Waals surface area contributed by atoms with Crippen LogP contribution in [-0.4, -0.2) is 40.2 Å². The summed E-state index contributed by atoms with van der Waals surface area (Å²) in [6.45, 7) is 0.0297. The first-order valence-corrected chi connectivity index (χ1v) is 7.85. The number of thiazole rings is 1. The van der Waals surface area contributed by atoms with Crippen LogP contribution in [0.1, 0.15) is 36.4 Å². The molecule has 0 atom stereocenters. The molecule has 1 heterocycles. The van der Waals surface area contributed by atoms with Crippen molar-refractivity contribution < 1.29 is 23.1 Å². The van der Waals surface area contributed by atoms with Crippen LogP contribution in [0.5, 0.6) is 0 Å². The molecule has 0 unspecified atom stereocenters. The molecule has 2 amide bonds. The third-order valence-electron chi connectivity index (χ3n) is 3.59. The number of aromatic nitrogens is 1. The number of rotatable bonds is 3. The lowest BCUT2D eigenvalue weighted by Crippen LogP contribution is -2.44. The van der Waals surface area contributed by atoms with Crippen LogP contribution in [0, 0.1) is 0 Å². The second-order valence-corrected chi connectivity index (χ2v) is 6.38. The van der Waals surface area contributed by atoms with Crippen molar-refractivity contribution in [2.24, 2.45) is 0 Å². The predicted octanol–water partition coefficient (Wildman–Crippen LogP) is 2.61. The van der Waals surface area contributed by atoms with Crippen LogP contribution >= 0.6 is 11.3 Å². The highest BCUT2D eigenvalue weighted by Gasteiger charge is 2.33. The van der Waals surface area contributed by atoms with E-state index in [-0.39, 0.29) is 29.7 Å². The Balaban J connectivity index is 1.85. The van der Waals surface area contributed by atoms with E-state index in [4.69, 9.17) is 0 Å². The smallest absolute Gasteiger partial charge is 0.393 e. The minimum absolute atomic E-state index is 0.000353. The van der Waals surface area contributed by atoms with Crippen LogP contribution in [0.3, 0.4) is 0 Å². The van der Waals surface area contributed by atoms with E-state index in [1.807, 2.05) is 0 Å². The monoisotopic (exact) mass is 337 g/mol. The van der Waals surface area contributed by atoms with Crippen LogP contribution in [0.2, 0.25) is 0 Å². The molecule has 1 fully saturated rings. The minimum atomic E-state index is -4.46. The molecule has 5 nitrogen and oxygen atoms in total. The van der Waals surface area contributed by atoms with Gasteiger partial charge in [-0.25, -0.2) is 9.78 Å². The van der Waals surface area contributed by atoms with Crippen LogP contribution in [0.4, 0.5) is 18.0 Å². The lowest BCUT2D eigenvalue weighted by atomic mass is 9.93. The average Bonchev–Trinajstić information content (AvgIpc) is 2.90. The highest BCUT2D eigenvalue weighted by molar-refractivity contribution is 7.09. The number of hydrogen-bond acceptors (Lipinski definition) is 4. The topological polar surface area (TPSA) is 65.5 Å². The maximum atomic E-state index is 12.5. The molecule has 1 aromatic heterocycles. The molecule has 2 N–H and O–H groups in total. The molecule has 124 valence electrons. The summed E-state index contributed by atoms with van der Waals surface area (Å²) in [6.07, 6.45) is -2.06. The van der Waals surface area contributed by atoms with Gasteiger partial charge in [0.15, 0.2) is 5.69 Å². The maximum absolute atomic E-state index is 12.5. The Labute approximate surface area is 130 Å². The number of halogens is 3. The van der Waals surface area contributed by atoms with Gasteiger partial charge in [-0.2, -0.15) is 13.2 Å². The number of carbonyl (C=O) groups is 1. The number of aliphatic hydroxyl groups is 1. The summed E-state index contributed by atoms with van der Waals surface area (Å²) in [5.74, 6) is 0. The van der Waals surface area contributed by atoms with Gasteiger partial charge < -0.3 is 15.3 Å². The van der Waals surface area contributed by atoms with Crippen molar-refractivity contribution in [3.05, 3.63) is 16.1 Å². The van der Waals surface area contributed by atoms with Crippen molar-refractivity contribution in [1.82, 2.24) is 15.2 Å². The molecular weight excluding hydrogens is 319 g/mol. The third kappa shape index (κ3) is 4.57. The van der Waals surface area contributed by atoms with E-state index >= 15 is 0 Å². The van der Waals surface area contributed by atoms with Gasteiger partial charge in [-0.3, -0.25) is 0 Å². The van der Waals surface area contributed by atoms with Crippen molar-refractivity contribution in [2.45, 2.75) is 50.6 Å². The quantitative estimate of drug-likeness (QED) is 0.891. The van der Waals surface area contributed by atoms with Gasteiger partial charge in [-0.05, 0) is 25.7 Å². The first-order valence-electron chi connectivity index (χ1n) is 6.97. The van der Waals surface area contributed by atoms with Crippen molar-refractivity contribution in [1.29, 1.82) is 0 Å². The van der Waals surface area contributed by atoms with Gasteiger partial charge in [0.2, 0.25) is 0 Å². The maximum Gasteiger partial charge on any atom is 0.434 e. The third-order valence-corrected chi connectivity index (χ3v) is 4.42. The van der Waals surface area contributed by atoms with E-state index in [0.29, 0.717) is 25.7 Å². The van der Waals surface area contributed by atoms with Gasteiger partial charge >= 0.3 is 12.2 Å². The molecule has 0 aliphatic heterocycles. The predicted molar refractivity (Wildman–Crippen MR) is 75.4 cm³/mol. The van der Waals surface area contributed by atoms with Crippen LogP contribution in [-0.2, 0) is 12.7 Å². The zero-order valence-corrected chi connectivity index (χ0v) is 12.9. The molecule has 9 heteroatoms. The van der Waals surface area contributed by atoms with Crippen molar-refractivity contribution >= 4 is 17.4 Å². The fourth-order valence-corrected chi connectivity index (χ4v) is 3.15. The van der Waals surface area contributed by atoms with Crippen LogP contribution < -0.4 is 5.32 Å². The van der Waals surface area contributed by atoms with E-state index in [2.05, 4.69) is 10.3 Å². The summed E-state index contributed by atoms with van der Waals surface area (Å²) in [7, 11) is 1.52. The summed E-state index contributed by atoms with van der Waals surface area (Å²) in [5.41, 5.74) is -0.928. The molecule has 0 aromatic carbocycles. The largest absolute Gasteiger partial charge is 0.434 e. The number of nitrogens with zero attached hydrogens (tertiary/aromatic N) is 2. The number of alkyl halides is 3. The standard InChI is InChI=1S/C13H18F3N3O2S/c1-19(6-11-18-10(7-22-11)13(14,15)16)12(21)17-8-2-4-9(20)5-3-8/h7-9,20H,2-6H2,1H3,(H,17,21). The SMILES string of the molecule is CN(Cc1nc(C(F)(F)F)cs1)C(=O)NC1CCC(O)CC1. The highest BCUT2D eigenvalue weighted by atomic mass is 32.1. The molecule has 1 aliphatic carbocycles. The molecule has 2 rings (SSSR count). The Morgan fingerprint density at radius 2 is 2.09 bits per heavy atom. The molecule has 1 saturated carbocycles. The zero-order valence-electron chi connectivity index (χ0n) is 12.1. The second kappa shape index (κ2) is 6.82. The molecule has 0 radical (unpaired) electrons. The minimum Gasteiger partial charge on any atom is -0.393 e. The Hall–Kier alpha value is -1.35. The van der Waals surface area contributed by atoms with Crippen LogP contribution in [0.25, 0.3) is 0 Å². The first-order chi connectivity index (χ1) is 10.3. The number of nitrogens with one attached hydrogen (secondary N) is 1. The van der Waals surface area contributed by atoms with E-state index in [1.54, 1.807) is 0 Å². The molecule has 0 saturated heterocycles. The molecule has 0 spiro atoms. The normalized spacial score (nSPS) is 22.4. The molecular formula is C13H18F3N3O2S. The van der Waals surface area contributed by atoms with Crippen molar-refractivity contribution in [3.63, 3.8) is 0 Å². The Kier molecular flexibility index (Phi) is 5.28. The van der Waals surface area contributed by atoms with E-state index in [9.17, 15) is 23.1 Å². The fourth-order valence-electron chi connectivity index (χ4n) is 2.29. The lowest BCUT2D eigenvalue weighted by Gasteiger charge is -2.28. The Morgan fingerprint density at radius 1 is 1.45 bits per heavy atom. The number of aliphatic hydroxyl groups excluding tert-OH is 1. The fraction of sp³-hybridized carbons (Fsp3) is 0.692. The van der Waals surface area contributed by atoms with Crippen molar-refractivity contribution in [3.8, 4) is 0 Å². The van der Waals surface area contributed by atoms with Gasteiger partial charge in [0, 0.05) is 18.5 Å². The van der Waals surface area contributed by atoms with Gasteiger partial charge in [0.25, 0.3) is 0 Å². The zero-order chi connectivity index (χ0) is 16.3. The lowest BCUT2D eigenvalue weighted by molar-refractivity contribution is -0.140. The van der Waals surface area contributed by atoms with E-state index in [0.717, 1.165) is 16.7 Å². The molecule has 0 bridgehead atoms. The number of hydrogen-bond donors (Lipinski definition) is 2. The molecule has 22 heavy (non-hydrogen) atoms. The number of urea groups is 1. The van der Waals surface area contributed by atoms with E-state index < -0.39 is 11.9 Å². The Bertz CT molecular complexity index is 513.